The van der Waals surface area contributed by atoms with E-state index in [1.807, 2.05) is 30.5 Å². The number of nitrogens with zero attached hydrogens (tertiary/aromatic N) is 1. The Hall–Kier alpha value is -2.50. The quantitative estimate of drug-likeness (QED) is 0.627. The highest BCUT2D eigenvalue weighted by Gasteiger charge is 2.30. The highest BCUT2D eigenvalue weighted by Crippen LogP contribution is 2.23. The van der Waals surface area contributed by atoms with Crippen molar-refractivity contribution >= 4 is 6.21 Å². The van der Waals surface area contributed by atoms with Crippen LogP contribution in [0.4, 0.5) is 13.2 Å². The topological polar surface area (TPSA) is 30.8 Å². The molecule has 0 saturated carbocycles. The lowest BCUT2D eigenvalue weighted by atomic mass is 10.2. The van der Waals surface area contributed by atoms with Crippen LogP contribution >= 0.6 is 0 Å². The lowest BCUT2D eigenvalue weighted by molar-refractivity contribution is -0.274. The number of hydrogen-bond donors (Lipinski definition) is 0. The van der Waals surface area contributed by atoms with Gasteiger partial charge in [-0.3, -0.25) is 4.99 Å². The first-order chi connectivity index (χ1) is 11.9. The first kappa shape index (κ1) is 18.8. The van der Waals surface area contributed by atoms with Gasteiger partial charge in [-0.1, -0.05) is 19.1 Å². The third-order valence-electron chi connectivity index (χ3n) is 3.51. The van der Waals surface area contributed by atoms with Gasteiger partial charge in [0.2, 0.25) is 0 Å². The van der Waals surface area contributed by atoms with Crippen LogP contribution in [0.3, 0.4) is 0 Å². The number of halogens is 3. The maximum Gasteiger partial charge on any atom is 0.573 e. The van der Waals surface area contributed by atoms with Gasteiger partial charge in [0.1, 0.15) is 18.1 Å². The molecule has 2 aromatic carbocycles. The van der Waals surface area contributed by atoms with Crippen LogP contribution < -0.4 is 9.47 Å². The minimum absolute atomic E-state index is 0.249. The summed E-state index contributed by atoms with van der Waals surface area (Å²) in [6, 6.07) is 13.4. The van der Waals surface area contributed by atoms with Crippen molar-refractivity contribution in [2.75, 3.05) is 0 Å². The third kappa shape index (κ3) is 6.87. The Bertz CT molecular complexity index is 679. The molecular weight excluding hydrogens is 331 g/mol. The second-order valence-electron chi connectivity index (χ2n) is 5.58. The van der Waals surface area contributed by atoms with Crippen LogP contribution in [0.2, 0.25) is 0 Å². The van der Waals surface area contributed by atoms with E-state index >= 15 is 0 Å². The fourth-order valence-electron chi connectivity index (χ4n) is 1.92. The van der Waals surface area contributed by atoms with Crippen LogP contribution in [0.15, 0.2) is 53.5 Å². The zero-order chi connectivity index (χ0) is 18.3. The summed E-state index contributed by atoms with van der Waals surface area (Å²) in [6.07, 6.45) is -1.86. The summed E-state index contributed by atoms with van der Waals surface area (Å²) in [6.45, 7) is 4.40. The van der Waals surface area contributed by atoms with E-state index in [4.69, 9.17) is 4.74 Å². The van der Waals surface area contributed by atoms with Gasteiger partial charge in [0.05, 0.1) is 0 Å². The van der Waals surface area contributed by atoms with Crippen LogP contribution in [0.25, 0.3) is 0 Å². The molecule has 0 saturated heterocycles. The largest absolute Gasteiger partial charge is 0.573 e. The van der Waals surface area contributed by atoms with Crippen LogP contribution in [0, 0.1) is 0 Å². The van der Waals surface area contributed by atoms with E-state index < -0.39 is 6.36 Å². The molecule has 134 valence electrons. The molecule has 2 rings (SSSR count). The van der Waals surface area contributed by atoms with Gasteiger partial charge in [0.25, 0.3) is 0 Å². The average Bonchev–Trinajstić information content (AvgIpc) is 2.58. The van der Waals surface area contributed by atoms with Gasteiger partial charge in [0.15, 0.2) is 0 Å². The summed E-state index contributed by atoms with van der Waals surface area (Å²) in [5.74, 6) is 0.428. The van der Waals surface area contributed by atoms with Crippen LogP contribution in [-0.2, 0) is 6.61 Å². The molecule has 6 heteroatoms. The van der Waals surface area contributed by atoms with Gasteiger partial charge in [-0.15, -0.1) is 13.2 Å². The molecule has 0 aromatic heterocycles. The van der Waals surface area contributed by atoms with Crippen molar-refractivity contribution in [3.63, 3.8) is 0 Å². The number of ether oxygens (including phenoxy) is 2. The second kappa shape index (κ2) is 8.55. The molecule has 1 atom stereocenters. The van der Waals surface area contributed by atoms with E-state index in [0.717, 1.165) is 17.5 Å². The Morgan fingerprint density at radius 2 is 1.60 bits per heavy atom. The SMILES string of the molecule is CCC(C)/N=C/c1ccc(OCc2ccc(OC(F)(F)F)cc2)cc1. The molecule has 0 aliphatic carbocycles. The van der Waals surface area contributed by atoms with Crippen molar-refractivity contribution in [2.45, 2.75) is 39.3 Å². The van der Waals surface area contributed by atoms with Gasteiger partial charge in [0, 0.05) is 12.3 Å². The molecule has 0 aliphatic heterocycles. The predicted molar refractivity (Wildman–Crippen MR) is 91.2 cm³/mol. The normalized spacial score (nSPS) is 13.0. The van der Waals surface area contributed by atoms with E-state index in [9.17, 15) is 13.2 Å². The molecular formula is C19H20F3NO2. The molecule has 0 heterocycles. The van der Waals surface area contributed by atoms with Gasteiger partial charge in [-0.25, -0.2) is 0 Å². The van der Waals surface area contributed by atoms with E-state index in [-0.39, 0.29) is 12.4 Å². The first-order valence-electron chi connectivity index (χ1n) is 7.96. The van der Waals surface area contributed by atoms with E-state index in [2.05, 4.69) is 23.6 Å². The van der Waals surface area contributed by atoms with Crippen molar-refractivity contribution in [1.29, 1.82) is 0 Å². The number of hydrogen-bond acceptors (Lipinski definition) is 3. The lowest BCUT2D eigenvalue weighted by Gasteiger charge is -2.10. The Morgan fingerprint density at radius 3 is 2.16 bits per heavy atom. The van der Waals surface area contributed by atoms with Crippen LogP contribution in [0.1, 0.15) is 31.4 Å². The Kier molecular flexibility index (Phi) is 6.44. The molecule has 1 unspecified atom stereocenters. The monoisotopic (exact) mass is 351 g/mol. The van der Waals surface area contributed by atoms with Crippen molar-refractivity contribution in [3.8, 4) is 11.5 Å². The van der Waals surface area contributed by atoms with Crippen LogP contribution in [0.5, 0.6) is 11.5 Å². The molecule has 0 bridgehead atoms. The van der Waals surface area contributed by atoms with Crippen molar-refractivity contribution in [3.05, 3.63) is 59.7 Å². The van der Waals surface area contributed by atoms with Gasteiger partial charge in [-0.2, -0.15) is 0 Å². The summed E-state index contributed by atoms with van der Waals surface area (Å²) in [4.78, 5) is 4.41. The van der Waals surface area contributed by atoms with Gasteiger partial charge in [-0.05, 0) is 60.9 Å². The molecule has 0 amide bonds. The molecule has 2 aromatic rings. The van der Waals surface area contributed by atoms with E-state index in [0.29, 0.717) is 11.8 Å². The summed E-state index contributed by atoms with van der Waals surface area (Å²) >= 11 is 0. The number of rotatable bonds is 7. The number of benzene rings is 2. The molecule has 25 heavy (non-hydrogen) atoms. The molecule has 0 aliphatic rings. The van der Waals surface area contributed by atoms with Crippen molar-refractivity contribution in [2.24, 2.45) is 4.99 Å². The molecule has 0 spiro atoms. The first-order valence-corrected chi connectivity index (χ1v) is 7.96. The molecule has 0 fully saturated rings. The van der Waals surface area contributed by atoms with E-state index in [1.165, 1.54) is 24.3 Å². The van der Waals surface area contributed by atoms with Gasteiger partial charge < -0.3 is 9.47 Å². The van der Waals surface area contributed by atoms with Crippen LogP contribution in [-0.4, -0.2) is 18.6 Å². The smallest absolute Gasteiger partial charge is 0.489 e. The third-order valence-corrected chi connectivity index (χ3v) is 3.51. The Labute approximate surface area is 145 Å². The molecule has 0 N–H and O–H groups in total. The Balaban J connectivity index is 1.87. The Morgan fingerprint density at radius 1 is 1.00 bits per heavy atom. The lowest BCUT2D eigenvalue weighted by Crippen LogP contribution is -2.17. The summed E-state index contributed by atoms with van der Waals surface area (Å²) in [5.41, 5.74) is 1.73. The zero-order valence-electron chi connectivity index (χ0n) is 14.1. The molecule has 3 nitrogen and oxygen atoms in total. The van der Waals surface area contributed by atoms with Gasteiger partial charge >= 0.3 is 6.36 Å². The van der Waals surface area contributed by atoms with E-state index in [1.54, 1.807) is 0 Å². The summed E-state index contributed by atoms with van der Waals surface area (Å²) in [5, 5.41) is 0. The van der Waals surface area contributed by atoms with Crippen molar-refractivity contribution < 1.29 is 22.6 Å². The number of alkyl halides is 3. The highest BCUT2D eigenvalue weighted by atomic mass is 19.4. The minimum atomic E-state index is -4.68. The summed E-state index contributed by atoms with van der Waals surface area (Å²) < 4.78 is 45.8. The highest BCUT2D eigenvalue weighted by molar-refractivity contribution is 5.79. The number of aliphatic imine (C=N–C) groups is 1. The average molecular weight is 351 g/mol. The second-order valence-corrected chi connectivity index (χ2v) is 5.58. The standard InChI is InChI=1S/C19H20F3NO2/c1-3-14(2)23-12-15-4-8-17(9-5-15)24-13-16-6-10-18(11-7-16)25-19(20,21)22/h4-12,14H,3,13H2,1-2H3/b23-12+. The minimum Gasteiger partial charge on any atom is -0.489 e. The van der Waals surface area contributed by atoms with Crippen molar-refractivity contribution in [1.82, 2.24) is 0 Å². The molecule has 0 radical (unpaired) electrons. The summed E-state index contributed by atoms with van der Waals surface area (Å²) in [7, 11) is 0. The predicted octanol–water partition coefficient (Wildman–Crippen LogP) is 5.38. The zero-order valence-corrected chi connectivity index (χ0v) is 14.1. The maximum atomic E-state index is 12.1. The fourth-order valence-corrected chi connectivity index (χ4v) is 1.92. The maximum absolute atomic E-state index is 12.1. The fraction of sp³-hybridized carbons (Fsp3) is 0.316.